The number of nitrogens with one attached hydrogen (secondary N) is 1. The second kappa shape index (κ2) is 6.42. The topological polar surface area (TPSA) is 50.7 Å². The average Bonchev–Trinajstić information content (AvgIpc) is 2.98. The van der Waals surface area contributed by atoms with Gasteiger partial charge in [-0.05, 0) is 32.0 Å². The Bertz CT molecular complexity index is 770. The summed E-state index contributed by atoms with van der Waals surface area (Å²) < 4.78 is 0. The molecule has 0 aliphatic rings. The van der Waals surface area contributed by atoms with Gasteiger partial charge in [0, 0.05) is 33.6 Å². The van der Waals surface area contributed by atoms with Gasteiger partial charge in [-0.1, -0.05) is 23.7 Å². The first-order valence-electron chi connectivity index (χ1n) is 6.89. The fraction of sp³-hybridized carbons (Fsp3) is 0.188. The summed E-state index contributed by atoms with van der Waals surface area (Å²) in [4.78, 5) is 14.2. The summed E-state index contributed by atoms with van der Waals surface area (Å²) in [5, 5.41) is 5.01. The maximum absolute atomic E-state index is 5.92. The number of nitrogens with zero attached hydrogens (tertiary/aromatic N) is 3. The Morgan fingerprint density at radius 1 is 1.14 bits per heavy atom. The molecule has 112 valence electrons. The first-order chi connectivity index (χ1) is 10.6. The molecule has 22 heavy (non-hydrogen) atoms. The molecule has 0 unspecified atom stereocenters. The minimum Gasteiger partial charge on any atom is -0.347 e. The Morgan fingerprint density at radius 2 is 1.91 bits per heavy atom. The van der Waals surface area contributed by atoms with Gasteiger partial charge >= 0.3 is 0 Å². The third kappa shape index (κ3) is 3.43. The molecule has 0 saturated heterocycles. The molecule has 6 heteroatoms. The van der Waals surface area contributed by atoms with Crippen LogP contribution in [0.4, 0.5) is 5.95 Å². The van der Waals surface area contributed by atoms with Crippen molar-refractivity contribution in [1.82, 2.24) is 15.0 Å². The lowest BCUT2D eigenvalue weighted by atomic mass is 10.2. The molecule has 0 radical (unpaired) electrons. The van der Waals surface area contributed by atoms with Crippen LogP contribution in [0.2, 0.25) is 5.02 Å². The van der Waals surface area contributed by atoms with Gasteiger partial charge in [-0.15, -0.1) is 11.3 Å². The van der Waals surface area contributed by atoms with Crippen molar-refractivity contribution in [3.8, 4) is 10.6 Å². The number of thiazole rings is 1. The maximum Gasteiger partial charge on any atom is 0.223 e. The van der Waals surface area contributed by atoms with E-state index in [1.807, 2.05) is 43.5 Å². The first-order valence-corrected chi connectivity index (χ1v) is 8.09. The molecule has 0 saturated carbocycles. The van der Waals surface area contributed by atoms with E-state index in [2.05, 4.69) is 27.2 Å². The number of hydrogen-bond acceptors (Lipinski definition) is 5. The zero-order valence-corrected chi connectivity index (χ0v) is 13.8. The molecule has 1 aromatic carbocycles. The third-order valence-electron chi connectivity index (χ3n) is 3.18. The third-order valence-corrected chi connectivity index (χ3v) is 4.66. The molecule has 0 fully saturated rings. The average molecular weight is 331 g/mol. The Balaban J connectivity index is 1.76. The maximum atomic E-state index is 5.92. The summed E-state index contributed by atoms with van der Waals surface area (Å²) in [5.41, 5.74) is 2.01. The van der Waals surface area contributed by atoms with Crippen LogP contribution in [0.25, 0.3) is 10.6 Å². The number of aromatic nitrogens is 3. The molecular formula is C16H15ClN4S. The smallest absolute Gasteiger partial charge is 0.223 e. The lowest BCUT2D eigenvalue weighted by molar-refractivity contribution is 0.872. The fourth-order valence-electron chi connectivity index (χ4n) is 2.00. The van der Waals surface area contributed by atoms with Crippen molar-refractivity contribution < 1.29 is 0 Å². The van der Waals surface area contributed by atoms with Crippen LogP contribution in [-0.4, -0.2) is 15.0 Å². The van der Waals surface area contributed by atoms with Crippen LogP contribution in [0, 0.1) is 6.92 Å². The predicted molar refractivity (Wildman–Crippen MR) is 91.4 cm³/mol. The van der Waals surface area contributed by atoms with E-state index in [1.165, 1.54) is 0 Å². The summed E-state index contributed by atoms with van der Waals surface area (Å²) in [6.45, 7) is 4.02. The second-order valence-electron chi connectivity index (χ2n) is 4.96. The van der Waals surface area contributed by atoms with E-state index in [9.17, 15) is 0 Å². The van der Waals surface area contributed by atoms with Gasteiger partial charge in [0.2, 0.25) is 5.95 Å². The standard InChI is InChI=1S/C16H15ClN4S/c1-10-7-8-18-16(20-10)21-11(2)14-9-19-15(22-14)12-3-5-13(17)6-4-12/h3-9,11H,1-2H3,(H,18,20,21)/t11-/m0/s1. The molecule has 0 bridgehead atoms. The highest BCUT2D eigenvalue weighted by Gasteiger charge is 2.12. The highest BCUT2D eigenvalue weighted by molar-refractivity contribution is 7.15. The highest BCUT2D eigenvalue weighted by atomic mass is 35.5. The van der Waals surface area contributed by atoms with E-state index >= 15 is 0 Å². The van der Waals surface area contributed by atoms with E-state index < -0.39 is 0 Å². The number of benzene rings is 1. The van der Waals surface area contributed by atoms with E-state index in [1.54, 1.807) is 17.5 Å². The van der Waals surface area contributed by atoms with Crippen molar-refractivity contribution in [2.45, 2.75) is 19.9 Å². The SMILES string of the molecule is Cc1ccnc(N[C@@H](C)c2cnc(-c3ccc(Cl)cc3)s2)n1. The first kappa shape index (κ1) is 14.9. The molecule has 0 spiro atoms. The highest BCUT2D eigenvalue weighted by Crippen LogP contribution is 2.30. The van der Waals surface area contributed by atoms with E-state index in [0.717, 1.165) is 26.2 Å². The lowest BCUT2D eigenvalue weighted by Gasteiger charge is -2.11. The number of rotatable bonds is 4. The van der Waals surface area contributed by atoms with E-state index in [0.29, 0.717) is 5.95 Å². The molecule has 3 rings (SSSR count). The molecule has 0 aliphatic heterocycles. The van der Waals surface area contributed by atoms with Crippen molar-refractivity contribution >= 4 is 28.9 Å². The van der Waals surface area contributed by atoms with E-state index in [-0.39, 0.29) is 6.04 Å². The van der Waals surface area contributed by atoms with Crippen molar-refractivity contribution in [3.63, 3.8) is 0 Å². The monoisotopic (exact) mass is 330 g/mol. The summed E-state index contributed by atoms with van der Waals surface area (Å²) in [6.07, 6.45) is 3.64. The Hall–Kier alpha value is -1.98. The number of hydrogen-bond donors (Lipinski definition) is 1. The zero-order valence-electron chi connectivity index (χ0n) is 12.2. The van der Waals surface area contributed by atoms with Crippen molar-refractivity contribution in [2.24, 2.45) is 0 Å². The van der Waals surface area contributed by atoms with Crippen LogP contribution >= 0.6 is 22.9 Å². The number of anilines is 1. The van der Waals surface area contributed by atoms with Crippen LogP contribution in [0.5, 0.6) is 0 Å². The molecule has 1 atom stereocenters. The van der Waals surface area contributed by atoms with Crippen LogP contribution < -0.4 is 5.32 Å². The summed E-state index contributed by atoms with van der Waals surface area (Å²) in [7, 11) is 0. The molecule has 2 aromatic heterocycles. The van der Waals surface area contributed by atoms with Crippen LogP contribution in [0.1, 0.15) is 23.5 Å². The van der Waals surface area contributed by atoms with Gasteiger partial charge in [0.15, 0.2) is 0 Å². The second-order valence-corrected chi connectivity index (χ2v) is 6.46. The fourth-order valence-corrected chi connectivity index (χ4v) is 3.05. The van der Waals surface area contributed by atoms with E-state index in [4.69, 9.17) is 11.6 Å². The normalized spacial score (nSPS) is 12.1. The van der Waals surface area contributed by atoms with Gasteiger partial charge in [-0.25, -0.2) is 15.0 Å². The van der Waals surface area contributed by atoms with Gasteiger partial charge in [0.25, 0.3) is 0 Å². The minimum absolute atomic E-state index is 0.0975. The zero-order chi connectivity index (χ0) is 15.5. The molecule has 1 N–H and O–H groups in total. The van der Waals surface area contributed by atoms with Gasteiger partial charge in [-0.2, -0.15) is 0 Å². The van der Waals surface area contributed by atoms with Crippen LogP contribution in [0.15, 0.2) is 42.7 Å². The van der Waals surface area contributed by atoms with Crippen molar-refractivity contribution in [1.29, 1.82) is 0 Å². The summed E-state index contributed by atoms with van der Waals surface area (Å²) in [5.74, 6) is 0.633. The summed E-state index contributed by atoms with van der Waals surface area (Å²) in [6, 6.07) is 9.68. The molecular weight excluding hydrogens is 316 g/mol. The number of halogens is 1. The van der Waals surface area contributed by atoms with Gasteiger partial charge in [0.05, 0.1) is 6.04 Å². The summed E-state index contributed by atoms with van der Waals surface area (Å²) >= 11 is 7.57. The van der Waals surface area contributed by atoms with Crippen molar-refractivity contribution in [2.75, 3.05) is 5.32 Å². The minimum atomic E-state index is 0.0975. The van der Waals surface area contributed by atoms with Gasteiger partial charge in [0.1, 0.15) is 5.01 Å². The quantitative estimate of drug-likeness (QED) is 0.751. The Labute approximate surface area is 138 Å². The Morgan fingerprint density at radius 3 is 2.64 bits per heavy atom. The molecule has 0 amide bonds. The lowest BCUT2D eigenvalue weighted by Crippen LogP contribution is -2.08. The molecule has 0 aliphatic carbocycles. The van der Waals surface area contributed by atoms with Gasteiger partial charge < -0.3 is 5.32 Å². The molecule has 4 nitrogen and oxygen atoms in total. The largest absolute Gasteiger partial charge is 0.347 e. The van der Waals surface area contributed by atoms with Gasteiger partial charge in [-0.3, -0.25) is 0 Å². The molecule has 3 aromatic rings. The van der Waals surface area contributed by atoms with Crippen LogP contribution in [0.3, 0.4) is 0 Å². The molecule has 2 heterocycles. The van der Waals surface area contributed by atoms with Crippen LogP contribution in [-0.2, 0) is 0 Å². The number of aryl methyl sites for hydroxylation is 1. The Kier molecular flexibility index (Phi) is 4.36. The van der Waals surface area contributed by atoms with Crippen molar-refractivity contribution in [3.05, 3.63) is 58.3 Å². The predicted octanol–water partition coefficient (Wildman–Crippen LogP) is 4.74.